The molecule has 3 aromatic heterocycles. The molecule has 0 saturated carbocycles. The summed E-state index contributed by atoms with van der Waals surface area (Å²) in [6.07, 6.45) is 5.07. The number of rotatable bonds is 3. The molecule has 2 N–H and O–H groups in total. The molecule has 3 heterocycles. The van der Waals surface area contributed by atoms with Crippen molar-refractivity contribution in [2.45, 2.75) is 27.3 Å². The minimum absolute atomic E-state index is 0.494. The Morgan fingerprint density at radius 1 is 1.14 bits per heavy atom. The van der Waals surface area contributed by atoms with Gasteiger partial charge in [0.1, 0.15) is 5.69 Å². The van der Waals surface area contributed by atoms with Crippen LogP contribution in [0.3, 0.4) is 0 Å². The normalized spacial score (nSPS) is 11.0. The summed E-state index contributed by atoms with van der Waals surface area (Å²) in [6.45, 7) is 6.86. The largest absolute Gasteiger partial charge is 0.396 e. The molecule has 3 rings (SSSR count). The van der Waals surface area contributed by atoms with Crippen LogP contribution in [0.4, 0.5) is 5.69 Å². The number of hydrogen-bond acceptors (Lipinski definition) is 5. The maximum absolute atomic E-state index is 6.12. The quantitative estimate of drug-likeness (QED) is 0.791. The minimum atomic E-state index is 0.494. The molecule has 0 aliphatic carbocycles. The van der Waals surface area contributed by atoms with Crippen molar-refractivity contribution in [3.8, 4) is 17.2 Å². The summed E-state index contributed by atoms with van der Waals surface area (Å²) in [5.74, 6) is 0.494. The van der Waals surface area contributed by atoms with Gasteiger partial charge in [-0.15, -0.1) is 0 Å². The van der Waals surface area contributed by atoms with Gasteiger partial charge in [0, 0.05) is 30.2 Å². The molecule has 0 radical (unpaired) electrons. The highest BCUT2D eigenvalue weighted by Crippen LogP contribution is 2.30. The van der Waals surface area contributed by atoms with Crippen LogP contribution in [-0.4, -0.2) is 29.5 Å². The molecule has 0 atom stereocenters. The van der Waals surface area contributed by atoms with Crippen LogP contribution >= 0.6 is 0 Å². The second-order valence-corrected chi connectivity index (χ2v) is 4.79. The van der Waals surface area contributed by atoms with Crippen molar-refractivity contribution >= 4 is 5.69 Å². The third-order valence-corrected chi connectivity index (χ3v) is 3.42. The highest BCUT2D eigenvalue weighted by molar-refractivity contribution is 5.75. The molecule has 7 heteroatoms. The van der Waals surface area contributed by atoms with Crippen LogP contribution in [0.15, 0.2) is 24.7 Å². The van der Waals surface area contributed by atoms with Crippen LogP contribution in [0.2, 0.25) is 0 Å². The first kappa shape index (κ1) is 13.3. The monoisotopic (exact) mass is 283 g/mol. The first-order valence-electron chi connectivity index (χ1n) is 6.78. The highest BCUT2D eigenvalue weighted by atomic mass is 15.4. The van der Waals surface area contributed by atoms with Crippen molar-refractivity contribution < 1.29 is 0 Å². The number of aromatic nitrogens is 6. The summed E-state index contributed by atoms with van der Waals surface area (Å²) in [7, 11) is 0. The van der Waals surface area contributed by atoms with Gasteiger partial charge in [0.05, 0.1) is 17.6 Å². The van der Waals surface area contributed by atoms with E-state index in [4.69, 9.17) is 5.73 Å². The van der Waals surface area contributed by atoms with E-state index in [-0.39, 0.29) is 0 Å². The summed E-state index contributed by atoms with van der Waals surface area (Å²) in [6, 6.07) is 1.76. The molecule has 3 aromatic rings. The Kier molecular flexibility index (Phi) is 3.17. The second kappa shape index (κ2) is 5.01. The zero-order valence-electron chi connectivity index (χ0n) is 12.3. The van der Waals surface area contributed by atoms with Gasteiger partial charge in [0.15, 0.2) is 0 Å². The second-order valence-electron chi connectivity index (χ2n) is 4.79. The van der Waals surface area contributed by atoms with Gasteiger partial charge in [-0.3, -0.25) is 4.68 Å². The summed E-state index contributed by atoms with van der Waals surface area (Å²) in [5.41, 5.74) is 10.4. The van der Waals surface area contributed by atoms with Gasteiger partial charge in [0.25, 0.3) is 5.95 Å². The van der Waals surface area contributed by atoms with Gasteiger partial charge < -0.3 is 5.73 Å². The minimum Gasteiger partial charge on any atom is -0.396 e. The van der Waals surface area contributed by atoms with E-state index >= 15 is 0 Å². The molecular weight excluding hydrogens is 266 g/mol. The smallest absolute Gasteiger partial charge is 0.250 e. The zero-order chi connectivity index (χ0) is 15.0. The van der Waals surface area contributed by atoms with Crippen molar-refractivity contribution in [2.75, 3.05) is 5.73 Å². The van der Waals surface area contributed by atoms with Crippen molar-refractivity contribution in [3.05, 3.63) is 36.0 Å². The zero-order valence-corrected chi connectivity index (χ0v) is 12.3. The Bertz CT molecular complexity index is 770. The van der Waals surface area contributed by atoms with E-state index in [2.05, 4.69) is 27.1 Å². The molecule has 0 aromatic carbocycles. The Labute approximate surface area is 122 Å². The third-order valence-electron chi connectivity index (χ3n) is 3.42. The lowest BCUT2D eigenvalue weighted by Crippen LogP contribution is -2.01. The Hall–Kier alpha value is -2.70. The van der Waals surface area contributed by atoms with E-state index < -0.39 is 0 Å². The molecule has 0 spiro atoms. The summed E-state index contributed by atoms with van der Waals surface area (Å²) in [5, 5.41) is 9.04. The van der Waals surface area contributed by atoms with Crippen LogP contribution in [0.5, 0.6) is 0 Å². The molecule has 0 aliphatic rings. The van der Waals surface area contributed by atoms with Crippen molar-refractivity contribution in [1.29, 1.82) is 0 Å². The molecule has 0 fully saturated rings. The molecule has 7 nitrogen and oxygen atoms in total. The Morgan fingerprint density at radius 3 is 2.48 bits per heavy atom. The van der Waals surface area contributed by atoms with Gasteiger partial charge >= 0.3 is 0 Å². The number of nitrogens with zero attached hydrogens (tertiary/aromatic N) is 6. The van der Waals surface area contributed by atoms with Gasteiger partial charge in [-0.2, -0.15) is 10.2 Å². The van der Waals surface area contributed by atoms with Gasteiger partial charge in [0.2, 0.25) is 0 Å². The predicted octanol–water partition coefficient (Wildman–Crippen LogP) is 1.74. The molecular formula is C14H17N7. The summed E-state index contributed by atoms with van der Waals surface area (Å²) in [4.78, 5) is 8.35. The third kappa shape index (κ3) is 2.16. The van der Waals surface area contributed by atoms with E-state index in [0.717, 1.165) is 29.2 Å². The van der Waals surface area contributed by atoms with Crippen LogP contribution in [-0.2, 0) is 6.54 Å². The molecule has 0 amide bonds. The summed E-state index contributed by atoms with van der Waals surface area (Å²) < 4.78 is 3.54. The topological polar surface area (TPSA) is 87.4 Å². The average molecular weight is 283 g/mol. The Balaban J connectivity index is 2.13. The van der Waals surface area contributed by atoms with E-state index in [0.29, 0.717) is 11.6 Å². The van der Waals surface area contributed by atoms with Crippen molar-refractivity contribution in [2.24, 2.45) is 0 Å². The molecule has 108 valence electrons. The standard InChI is InChI=1S/C14H17N7/c1-4-20-10(3)12(9(2)18-20)13-11(15)8-21(19-13)14-16-6-5-7-17-14/h5-8H,4,15H2,1-3H3. The van der Waals surface area contributed by atoms with Crippen LogP contribution in [0, 0.1) is 13.8 Å². The fourth-order valence-corrected chi connectivity index (χ4v) is 2.44. The van der Waals surface area contributed by atoms with Crippen molar-refractivity contribution in [1.82, 2.24) is 29.5 Å². The molecule has 0 bridgehead atoms. The first-order valence-corrected chi connectivity index (χ1v) is 6.78. The summed E-state index contributed by atoms with van der Waals surface area (Å²) >= 11 is 0. The van der Waals surface area contributed by atoms with E-state index in [1.165, 1.54) is 0 Å². The molecule has 0 saturated heterocycles. The molecule has 21 heavy (non-hydrogen) atoms. The maximum atomic E-state index is 6.12. The Morgan fingerprint density at radius 2 is 1.86 bits per heavy atom. The number of nitrogen functional groups attached to an aromatic ring is 1. The maximum Gasteiger partial charge on any atom is 0.250 e. The highest BCUT2D eigenvalue weighted by Gasteiger charge is 2.19. The van der Waals surface area contributed by atoms with Gasteiger partial charge in [-0.05, 0) is 26.8 Å². The van der Waals surface area contributed by atoms with E-state index in [9.17, 15) is 0 Å². The van der Waals surface area contributed by atoms with Crippen LogP contribution in [0.1, 0.15) is 18.3 Å². The van der Waals surface area contributed by atoms with E-state index in [1.807, 2.05) is 18.5 Å². The lowest BCUT2D eigenvalue weighted by atomic mass is 10.1. The van der Waals surface area contributed by atoms with Gasteiger partial charge in [-0.25, -0.2) is 14.6 Å². The number of hydrogen-bond donors (Lipinski definition) is 1. The number of nitrogens with two attached hydrogens (primary N) is 1. The van der Waals surface area contributed by atoms with Gasteiger partial charge in [-0.1, -0.05) is 0 Å². The average Bonchev–Trinajstić information content (AvgIpc) is 3.00. The fraction of sp³-hybridized carbons (Fsp3) is 0.286. The van der Waals surface area contributed by atoms with E-state index in [1.54, 1.807) is 29.3 Å². The van der Waals surface area contributed by atoms with Crippen LogP contribution in [0.25, 0.3) is 17.2 Å². The molecule has 0 aliphatic heterocycles. The molecule has 0 unspecified atom stereocenters. The lowest BCUT2D eigenvalue weighted by Gasteiger charge is -2.01. The van der Waals surface area contributed by atoms with Crippen molar-refractivity contribution in [3.63, 3.8) is 0 Å². The lowest BCUT2D eigenvalue weighted by molar-refractivity contribution is 0.634. The first-order chi connectivity index (χ1) is 10.1. The number of anilines is 1. The SMILES string of the molecule is CCn1nc(C)c(-c2nn(-c3ncccn3)cc2N)c1C. The fourth-order valence-electron chi connectivity index (χ4n) is 2.44. The van der Waals surface area contributed by atoms with Crippen LogP contribution < -0.4 is 5.73 Å². The number of aryl methyl sites for hydroxylation is 2. The predicted molar refractivity (Wildman–Crippen MR) is 79.9 cm³/mol.